The third-order valence-corrected chi connectivity index (χ3v) is 5.22. The molecular weight excluding hydrogens is 360 g/mol. The number of aldehydes is 1. The number of rotatable bonds is 12. The third kappa shape index (κ3) is 7.24. The summed E-state index contributed by atoms with van der Waals surface area (Å²) >= 11 is 0. The molecule has 1 saturated heterocycles. The summed E-state index contributed by atoms with van der Waals surface area (Å²) in [5.74, 6) is -1.55. The first-order chi connectivity index (χ1) is 13.3. The van der Waals surface area contributed by atoms with E-state index in [1.54, 1.807) is 11.8 Å². The second-order valence-corrected chi connectivity index (χ2v) is 7.81. The quantitative estimate of drug-likeness (QED) is 0.311. The van der Waals surface area contributed by atoms with Crippen LogP contribution in [0.2, 0.25) is 0 Å². The van der Waals surface area contributed by atoms with Crippen LogP contribution in [-0.4, -0.2) is 54.2 Å². The molecule has 2 amide bonds. The van der Waals surface area contributed by atoms with Crippen LogP contribution in [0.3, 0.4) is 0 Å². The van der Waals surface area contributed by atoms with Gasteiger partial charge in [0.05, 0.1) is 19.1 Å². The summed E-state index contributed by atoms with van der Waals surface area (Å²) in [6, 6.07) is -1.12. The molecule has 28 heavy (non-hydrogen) atoms. The van der Waals surface area contributed by atoms with Gasteiger partial charge in [-0.1, -0.05) is 40.0 Å². The van der Waals surface area contributed by atoms with E-state index in [0.29, 0.717) is 19.4 Å². The molecule has 1 aliphatic heterocycles. The van der Waals surface area contributed by atoms with E-state index in [4.69, 9.17) is 4.74 Å². The topological polar surface area (TPSA) is 92.8 Å². The lowest BCUT2D eigenvalue weighted by molar-refractivity contribution is -0.147. The van der Waals surface area contributed by atoms with Crippen molar-refractivity contribution in [2.24, 2.45) is 11.8 Å². The van der Waals surface area contributed by atoms with Crippen molar-refractivity contribution in [3.8, 4) is 0 Å². The number of nitrogens with one attached hydrogen (secondary N) is 1. The monoisotopic (exact) mass is 396 g/mol. The molecule has 1 rings (SSSR count). The molecule has 0 bridgehead atoms. The molecule has 160 valence electrons. The Balaban J connectivity index is 2.84. The highest BCUT2D eigenvalue weighted by Gasteiger charge is 2.36. The molecule has 0 aromatic rings. The smallest absolute Gasteiger partial charge is 0.306 e. The summed E-state index contributed by atoms with van der Waals surface area (Å²) < 4.78 is 5.01. The van der Waals surface area contributed by atoms with Crippen molar-refractivity contribution < 1.29 is 23.9 Å². The van der Waals surface area contributed by atoms with Crippen LogP contribution in [0.4, 0.5) is 0 Å². The van der Waals surface area contributed by atoms with Gasteiger partial charge in [0.15, 0.2) is 0 Å². The molecule has 3 atom stereocenters. The summed E-state index contributed by atoms with van der Waals surface area (Å²) in [6.45, 7) is 8.35. The van der Waals surface area contributed by atoms with Crippen LogP contribution in [-0.2, 0) is 23.9 Å². The Bertz CT molecular complexity index is 535. The molecule has 0 spiro atoms. The lowest BCUT2D eigenvalue weighted by Gasteiger charge is -2.30. The maximum Gasteiger partial charge on any atom is 0.306 e. The van der Waals surface area contributed by atoms with Gasteiger partial charge in [-0.2, -0.15) is 0 Å². The molecule has 1 heterocycles. The van der Waals surface area contributed by atoms with E-state index in [0.717, 1.165) is 32.0 Å². The Morgan fingerprint density at radius 2 is 1.93 bits per heavy atom. The van der Waals surface area contributed by atoms with Gasteiger partial charge in [-0.3, -0.25) is 14.4 Å². The van der Waals surface area contributed by atoms with Gasteiger partial charge < -0.3 is 19.7 Å². The van der Waals surface area contributed by atoms with Crippen LogP contribution in [0.1, 0.15) is 72.6 Å². The predicted molar refractivity (Wildman–Crippen MR) is 106 cm³/mol. The summed E-state index contributed by atoms with van der Waals surface area (Å²) in [5.41, 5.74) is 0. The van der Waals surface area contributed by atoms with Gasteiger partial charge in [0.1, 0.15) is 12.3 Å². The highest BCUT2D eigenvalue weighted by atomic mass is 16.5. The van der Waals surface area contributed by atoms with E-state index in [2.05, 4.69) is 12.2 Å². The Kier molecular flexibility index (Phi) is 10.8. The van der Waals surface area contributed by atoms with Gasteiger partial charge >= 0.3 is 5.97 Å². The van der Waals surface area contributed by atoms with Gasteiger partial charge in [-0.25, -0.2) is 0 Å². The highest BCUT2D eigenvalue weighted by Crippen LogP contribution is 2.20. The van der Waals surface area contributed by atoms with Crippen LogP contribution in [0.25, 0.3) is 0 Å². The van der Waals surface area contributed by atoms with Gasteiger partial charge in [0.25, 0.3) is 0 Å². The van der Waals surface area contributed by atoms with Crippen LogP contribution in [0.5, 0.6) is 0 Å². The van der Waals surface area contributed by atoms with Crippen molar-refractivity contribution in [1.82, 2.24) is 10.2 Å². The number of amides is 2. The zero-order chi connectivity index (χ0) is 21.1. The number of esters is 1. The summed E-state index contributed by atoms with van der Waals surface area (Å²) in [6.07, 6.45) is 5.69. The first-order valence-electron chi connectivity index (χ1n) is 10.6. The number of ether oxygens (including phenoxy) is 1. The average Bonchev–Trinajstić information content (AvgIpc) is 3.13. The Hall–Kier alpha value is -1.92. The van der Waals surface area contributed by atoms with Crippen LogP contribution >= 0.6 is 0 Å². The second kappa shape index (κ2) is 12.5. The fourth-order valence-corrected chi connectivity index (χ4v) is 3.56. The first kappa shape index (κ1) is 24.1. The van der Waals surface area contributed by atoms with Crippen LogP contribution in [0.15, 0.2) is 0 Å². The largest absolute Gasteiger partial charge is 0.466 e. The van der Waals surface area contributed by atoms with Gasteiger partial charge in [-0.05, 0) is 32.1 Å². The van der Waals surface area contributed by atoms with Crippen molar-refractivity contribution in [2.75, 3.05) is 13.2 Å². The van der Waals surface area contributed by atoms with Crippen molar-refractivity contribution >= 4 is 24.1 Å². The van der Waals surface area contributed by atoms with Crippen molar-refractivity contribution in [3.63, 3.8) is 0 Å². The minimum absolute atomic E-state index is 0.0169. The highest BCUT2D eigenvalue weighted by molar-refractivity contribution is 5.91. The van der Waals surface area contributed by atoms with Gasteiger partial charge in [-0.15, -0.1) is 0 Å². The van der Waals surface area contributed by atoms with E-state index in [9.17, 15) is 19.2 Å². The van der Waals surface area contributed by atoms with Crippen LogP contribution in [0, 0.1) is 11.8 Å². The van der Waals surface area contributed by atoms with Crippen molar-refractivity contribution in [3.05, 3.63) is 0 Å². The molecule has 0 aromatic heterocycles. The Labute approximate surface area is 168 Å². The molecule has 7 heteroatoms. The second-order valence-electron chi connectivity index (χ2n) is 7.81. The molecule has 7 nitrogen and oxygen atoms in total. The molecule has 0 radical (unpaired) electrons. The summed E-state index contributed by atoms with van der Waals surface area (Å²) in [5, 5.41) is 2.86. The minimum Gasteiger partial charge on any atom is -0.466 e. The van der Waals surface area contributed by atoms with Crippen molar-refractivity contribution in [1.29, 1.82) is 0 Å². The SMILES string of the molecule is CCCCCC(CC(=O)OCC)C(=O)N[C@H](C(=O)N1CCC[C@H]1C=O)C(C)C. The zero-order valence-corrected chi connectivity index (χ0v) is 17.7. The number of hydrogen-bond acceptors (Lipinski definition) is 5. The maximum atomic E-state index is 13.0. The molecule has 1 N–H and O–H groups in total. The predicted octanol–water partition coefficient (Wildman–Crippen LogP) is 2.47. The fraction of sp³-hybridized carbons (Fsp3) is 0.810. The Morgan fingerprint density at radius 3 is 2.50 bits per heavy atom. The van der Waals surface area contributed by atoms with Gasteiger partial charge in [0.2, 0.25) is 11.8 Å². The molecular formula is C21H36N2O5. The molecule has 1 aliphatic rings. The number of nitrogens with zero attached hydrogens (tertiary/aromatic N) is 1. The molecule has 1 fully saturated rings. The molecule has 0 saturated carbocycles. The zero-order valence-electron chi connectivity index (χ0n) is 17.7. The lowest BCUT2D eigenvalue weighted by atomic mass is 9.95. The minimum atomic E-state index is -0.705. The number of carbonyl (C=O) groups excluding carboxylic acids is 4. The van der Waals surface area contributed by atoms with E-state index < -0.39 is 24.0 Å². The summed E-state index contributed by atoms with van der Waals surface area (Å²) in [7, 11) is 0. The fourth-order valence-electron chi connectivity index (χ4n) is 3.56. The van der Waals surface area contributed by atoms with Crippen LogP contribution < -0.4 is 5.32 Å². The van der Waals surface area contributed by atoms with E-state index in [1.807, 2.05) is 13.8 Å². The average molecular weight is 397 g/mol. The number of likely N-dealkylation sites (tertiary alicyclic amines) is 1. The maximum absolute atomic E-state index is 13.0. The third-order valence-electron chi connectivity index (χ3n) is 5.22. The van der Waals surface area contributed by atoms with E-state index in [-0.39, 0.29) is 30.8 Å². The lowest BCUT2D eigenvalue weighted by Crippen LogP contribution is -2.54. The molecule has 1 unspecified atom stereocenters. The van der Waals surface area contributed by atoms with Gasteiger partial charge in [0, 0.05) is 12.5 Å². The standard InChI is InChI=1S/C21H36N2O5/c1-5-7-8-10-16(13-18(25)28-6-2)20(26)22-19(15(3)4)21(27)23-12-9-11-17(23)14-24/h14-17,19H,5-13H2,1-4H3,(H,22,26)/t16?,17-,19-/m0/s1. The van der Waals surface area contributed by atoms with E-state index in [1.165, 1.54) is 0 Å². The normalized spacial score (nSPS) is 18.6. The molecule has 0 aromatic carbocycles. The number of carbonyl (C=O) groups is 4. The first-order valence-corrected chi connectivity index (χ1v) is 10.6. The Morgan fingerprint density at radius 1 is 1.21 bits per heavy atom. The van der Waals surface area contributed by atoms with E-state index >= 15 is 0 Å². The summed E-state index contributed by atoms with van der Waals surface area (Å²) in [4.78, 5) is 50.6. The van der Waals surface area contributed by atoms with Crippen molar-refractivity contribution in [2.45, 2.75) is 84.7 Å². The molecule has 0 aliphatic carbocycles. The number of unbranched alkanes of at least 4 members (excludes halogenated alkanes) is 2. The number of hydrogen-bond donors (Lipinski definition) is 1.